The molecule has 3 saturated heterocycles. The molecule has 0 radical (unpaired) electrons. The van der Waals surface area contributed by atoms with Crippen molar-refractivity contribution in [2.24, 2.45) is 0 Å². The zero-order valence-electron chi connectivity index (χ0n) is 27.3. The number of hydrogen-bond donors (Lipinski definition) is 2. The maximum absolute atomic E-state index is 13.9. The molecular weight excluding hydrogens is 665 g/mol. The monoisotopic (exact) mass is 706 g/mol. The molecule has 4 heterocycles. The number of nitrogens with zero attached hydrogens (tertiary/aromatic N) is 4. The number of hydrogen-bond acceptors (Lipinski definition) is 8. The number of halogens is 4. The predicted molar refractivity (Wildman–Crippen MR) is 177 cm³/mol. The minimum Gasteiger partial charge on any atom is -0.438 e. The molecule has 1 spiro atoms. The van der Waals surface area contributed by atoms with Crippen molar-refractivity contribution < 1.29 is 37.0 Å². The van der Waals surface area contributed by atoms with Gasteiger partial charge in [0, 0.05) is 77.2 Å². The number of rotatable bonds is 7. The Morgan fingerprint density at radius 3 is 2.27 bits per heavy atom. The zero-order chi connectivity index (χ0) is 34.8. The van der Waals surface area contributed by atoms with Crippen LogP contribution in [0.3, 0.4) is 0 Å². The van der Waals surface area contributed by atoms with Crippen LogP contribution in [0.15, 0.2) is 36.4 Å². The van der Waals surface area contributed by atoms with Gasteiger partial charge in [-0.25, -0.2) is 9.59 Å². The Morgan fingerprint density at radius 2 is 1.59 bits per heavy atom. The summed E-state index contributed by atoms with van der Waals surface area (Å²) >= 11 is 6.10. The SMILES string of the molecule is Nc1c(Cl)cc(C[C@@H](OC(=O)N2CCC3(CC2)OC(=O)Nc2ccccc23)C(=O)N2CCN(CCN3CCCCC3)CC2)cc1C(F)(F)F. The van der Waals surface area contributed by atoms with E-state index in [4.69, 9.17) is 26.8 Å². The number of amides is 3. The highest BCUT2D eigenvalue weighted by molar-refractivity contribution is 6.33. The van der Waals surface area contributed by atoms with Crippen molar-refractivity contribution in [3.63, 3.8) is 0 Å². The average molecular weight is 707 g/mol. The number of nitrogen functional groups attached to an aromatic ring is 1. The van der Waals surface area contributed by atoms with Crippen molar-refractivity contribution in [3.8, 4) is 0 Å². The molecule has 15 heteroatoms. The third-order valence-corrected chi connectivity index (χ3v) is 10.4. The topological polar surface area (TPSA) is 121 Å². The van der Waals surface area contributed by atoms with E-state index in [2.05, 4.69) is 15.1 Å². The van der Waals surface area contributed by atoms with Crippen molar-refractivity contribution in [2.75, 3.05) is 76.5 Å². The Hall–Kier alpha value is -3.75. The average Bonchev–Trinajstić information content (AvgIpc) is 3.08. The summed E-state index contributed by atoms with van der Waals surface area (Å²) in [5.41, 5.74) is 4.51. The highest BCUT2D eigenvalue weighted by atomic mass is 35.5. The molecule has 0 aromatic heterocycles. The lowest BCUT2D eigenvalue weighted by Crippen LogP contribution is -2.54. The number of alkyl halides is 3. The number of carbonyl (C=O) groups is 3. The van der Waals surface area contributed by atoms with Crippen molar-refractivity contribution in [2.45, 2.75) is 56.4 Å². The fourth-order valence-electron chi connectivity index (χ4n) is 7.26. The van der Waals surface area contributed by atoms with E-state index in [0.717, 1.165) is 37.8 Å². The van der Waals surface area contributed by atoms with Crippen LogP contribution in [0.25, 0.3) is 0 Å². The number of likely N-dealkylation sites (tertiary alicyclic amines) is 2. The van der Waals surface area contributed by atoms with Gasteiger partial charge < -0.3 is 29.9 Å². The maximum Gasteiger partial charge on any atom is 0.418 e. The first kappa shape index (κ1) is 35.1. The van der Waals surface area contributed by atoms with Crippen molar-refractivity contribution in [3.05, 3.63) is 58.1 Å². The van der Waals surface area contributed by atoms with Crippen LogP contribution >= 0.6 is 11.6 Å². The van der Waals surface area contributed by atoms with E-state index < -0.39 is 47.2 Å². The van der Waals surface area contributed by atoms with Gasteiger partial charge in [0.1, 0.15) is 5.60 Å². The van der Waals surface area contributed by atoms with E-state index in [9.17, 15) is 27.6 Å². The number of fused-ring (bicyclic) bond motifs is 2. The number of nitrogens with one attached hydrogen (secondary N) is 1. The minimum atomic E-state index is -4.77. The normalized spacial score (nSPS) is 20.7. The quantitative estimate of drug-likeness (QED) is 0.379. The van der Waals surface area contributed by atoms with E-state index in [0.29, 0.717) is 44.7 Å². The van der Waals surface area contributed by atoms with Gasteiger partial charge in [0.05, 0.1) is 22.0 Å². The first-order valence-electron chi connectivity index (χ1n) is 16.9. The second-order valence-corrected chi connectivity index (χ2v) is 13.6. The van der Waals surface area contributed by atoms with Crippen LogP contribution in [-0.4, -0.2) is 109 Å². The van der Waals surface area contributed by atoms with E-state index >= 15 is 0 Å². The van der Waals surface area contributed by atoms with Gasteiger partial charge >= 0.3 is 18.4 Å². The molecule has 0 saturated carbocycles. The molecule has 11 nitrogen and oxygen atoms in total. The third-order valence-electron chi connectivity index (χ3n) is 10.1. The number of para-hydroxylation sites is 1. The molecule has 0 unspecified atom stereocenters. The van der Waals surface area contributed by atoms with E-state index in [-0.39, 0.29) is 30.1 Å². The molecule has 1 atom stereocenters. The van der Waals surface area contributed by atoms with Crippen LogP contribution in [0.1, 0.15) is 48.8 Å². The minimum absolute atomic E-state index is 0.0636. The summed E-state index contributed by atoms with van der Waals surface area (Å²) < 4.78 is 52.9. The third kappa shape index (κ3) is 8.02. The lowest BCUT2D eigenvalue weighted by Gasteiger charge is -2.44. The summed E-state index contributed by atoms with van der Waals surface area (Å²) in [6.07, 6.45) is -3.56. The number of piperidine rings is 2. The first-order valence-corrected chi connectivity index (χ1v) is 17.2. The van der Waals surface area contributed by atoms with E-state index in [1.165, 1.54) is 30.2 Å². The van der Waals surface area contributed by atoms with E-state index in [1.807, 2.05) is 18.2 Å². The Kier molecular flexibility index (Phi) is 10.5. The molecule has 6 rings (SSSR count). The Morgan fingerprint density at radius 1 is 0.939 bits per heavy atom. The number of piperazine rings is 1. The van der Waals surface area contributed by atoms with Crippen LogP contribution in [0.2, 0.25) is 5.02 Å². The number of benzene rings is 2. The molecule has 0 aliphatic carbocycles. The van der Waals surface area contributed by atoms with Crippen LogP contribution in [0, 0.1) is 0 Å². The molecule has 3 fully saturated rings. The van der Waals surface area contributed by atoms with Gasteiger partial charge in [0.15, 0.2) is 6.10 Å². The highest BCUT2D eigenvalue weighted by Gasteiger charge is 2.46. The van der Waals surface area contributed by atoms with Crippen molar-refractivity contribution in [1.82, 2.24) is 19.6 Å². The van der Waals surface area contributed by atoms with Crippen LogP contribution < -0.4 is 11.1 Å². The molecule has 266 valence electrons. The largest absolute Gasteiger partial charge is 0.438 e. The molecular formula is C34H42ClF3N6O5. The van der Waals surface area contributed by atoms with Gasteiger partial charge in [-0.1, -0.05) is 36.2 Å². The maximum atomic E-state index is 13.9. The van der Waals surface area contributed by atoms with Crippen LogP contribution in [0.5, 0.6) is 0 Å². The van der Waals surface area contributed by atoms with Gasteiger partial charge in [0.2, 0.25) is 0 Å². The number of anilines is 2. The zero-order valence-corrected chi connectivity index (χ0v) is 28.0. The second-order valence-electron chi connectivity index (χ2n) is 13.2. The number of nitrogens with two attached hydrogens (primary N) is 1. The Labute approximate surface area is 288 Å². The summed E-state index contributed by atoms with van der Waals surface area (Å²) in [7, 11) is 0. The van der Waals surface area contributed by atoms with Gasteiger partial charge in [-0.15, -0.1) is 0 Å². The summed E-state index contributed by atoms with van der Waals surface area (Å²) in [6, 6.07) is 9.44. The summed E-state index contributed by atoms with van der Waals surface area (Å²) in [5.74, 6) is -0.486. The van der Waals surface area contributed by atoms with Gasteiger partial charge in [-0.2, -0.15) is 13.2 Å². The summed E-state index contributed by atoms with van der Waals surface area (Å²) in [6.45, 7) is 6.46. The fourth-order valence-corrected chi connectivity index (χ4v) is 7.50. The lowest BCUT2D eigenvalue weighted by atomic mass is 9.82. The Bertz CT molecular complexity index is 1540. The molecule has 4 aliphatic heterocycles. The first-order chi connectivity index (χ1) is 23.4. The molecule has 2 aromatic rings. The molecule has 2 aromatic carbocycles. The molecule has 3 N–H and O–H groups in total. The van der Waals surface area contributed by atoms with E-state index in [1.54, 1.807) is 11.0 Å². The second kappa shape index (κ2) is 14.6. The molecule has 0 bridgehead atoms. The number of carbonyl (C=O) groups excluding carboxylic acids is 3. The molecule has 49 heavy (non-hydrogen) atoms. The highest BCUT2D eigenvalue weighted by Crippen LogP contribution is 2.43. The smallest absolute Gasteiger partial charge is 0.418 e. The summed E-state index contributed by atoms with van der Waals surface area (Å²) in [5, 5.41) is 2.40. The Balaban J connectivity index is 1.14. The van der Waals surface area contributed by atoms with Gasteiger partial charge in [-0.05, 0) is 49.7 Å². The standard InChI is InChI=1S/C34H42ClF3N6O5/c35-26-21-23(20-25(29(26)39)34(36,37)38)22-28(30(45)43-18-16-42(17-19-43)15-14-41-10-4-1-5-11-41)48-32(47)44-12-8-33(9-13-44)24-6-2-3-7-27(24)40-31(46)49-33/h2-3,6-7,20-21,28H,1,4-5,8-19,22,39H2,(H,40,46)/t28-/m1/s1. The number of ether oxygens (including phenoxy) is 2. The van der Waals surface area contributed by atoms with Crippen LogP contribution in [-0.2, 0) is 32.5 Å². The summed E-state index contributed by atoms with van der Waals surface area (Å²) in [4.78, 5) is 47.7. The van der Waals surface area contributed by atoms with Crippen molar-refractivity contribution >= 4 is 41.1 Å². The molecule has 3 amide bonds. The predicted octanol–water partition coefficient (Wildman–Crippen LogP) is 5.17. The van der Waals surface area contributed by atoms with Crippen LogP contribution in [0.4, 0.5) is 34.1 Å². The molecule has 4 aliphatic rings. The van der Waals surface area contributed by atoms with Gasteiger partial charge in [0.25, 0.3) is 5.91 Å². The lowest BCUT2D eigenvalue weighted by molar-refractivity contribution is -0.143. The fraction of sp³-hybridized carbons (Fsp3) is 0.559. The van der Waals surface area contributed by atoms with Crippen molar-refractivity contribution in [1.29, 1.82) is 0 Å². The van der Waals surface area contributed by atoms with Gasteiger partial charge in [-0.3, -0.25) is 15.0 Å².